The molecule has 0 unspecified atom stereocenters. The highest BCUT2D eigenvalue weighted by molar-refractivity contribution is 6.30. The van der Waals surface area contributed by atoms with Crippen molar-refractivity contribution in [2.45, 2.75) is 18.9 Å². The van der Waals surface area contributed by atoms with E-state index in [-0.39, 0.29) is 18.9 Å². The topological polar surface area (TPSA) is 45.2 Å². The molecule has 33 heavy (non-hydrogen) atoms. The molecule has 3 aromatic carbocycles. The van der Waals surface area contributed by atoms with E-state index in [1.165, 1.54) is 17.7 Å². The minimum absolute atomic E-state index is 0.0911. The van der Waals surface area contributed by atoms with Gasteiger partial charge in [0.15, 0.2) is 0 Å². The van der Waals surface area contributed by atoms with Gasteiger partial charge in [0.2, 0.25) is 5.91 Å². The summed E-state index contributed by atoms with van der Waals surface area (Å²) in [5.74, 6) is -0.00503. The largest absolute Gasteiger partial charge is 0.315 e. The molecular formula is C27H23ClFN3O. The number of amides is 1. The van der Waals surface area contributed by atoms with Crippen molar-refractivity contribution < 1.29 is 9.18 Å². The molecule has 1 N–H and O–H groups in total. The summed E-state index contributed by atoms with van der Waals surface area (Å²) in [6.07, 6.45) is 3.72. The fourth-order valence-corrected chi connectivity index (χ4v) is 4.48. The monoisotopic (exact) mass is 459 g/mol. The van der Waals surface area contributed by atoms with Gasteiger partial charge >= 0.3 is 0 Å². The molecule has 0 saturated carbocycles. The molecular weight excluding hydrogens is 437 g/mol. The molecule has 1 fully saturated rings. The van der Waals surface area contributed by atoms with Crippen LogP contribution in [0, 0.1) is 5.82 Å². The maximum absolute atomic E-state index is 14.0. The third kappa shape index (κ3) is 4.75. The van der Waals surface area contributed by atoms with Crippen molar-refractivity contribution in [1.82, 2.24) is 10.3 Å². The van der Waals surface area contributed by atoms with E-state index in [0.29, 0.717) is 16.5 Å². The zero-order valence-electron chi connectivity index (χ0n) is 18.0. The fourth-order valence-electron chi connectivity index (χ4n) is 4.24. The highest BCUT2D eigenvalue weighted by Crippen LogP contribution is 2.26. The molecule has 0 aliphatic carbocycles. The lowest BCUT2D eigenvalue weighted by Crippen LogP contribution is -2.39. The lowest BCUT2D eigenvalue weighted by molar-refractivity contribution is -0.118. The first-order valence-corrected chi connectivity index (χ1v) is 11.3. The first kappa shape index (κ1) is 21.6. The van der Waals surface area contributed by atoms with Gasteiger partial charge in [0, 0.05) is 47.5 Å². The molecule has 1 amide bonds. The number of rotatable bonds is 6. The smallest absolute Gasteiger partial charge is 0.231 e. The molecule has 1 aliphatic rings. The normalized spacial score (nSPS) is 13.6. The van der Waals surface area contributed by atoms with E-state index in [1.54, 1.807) is 23.4 Å². The van der Waals surface area contributed by atoms with E-state index in [0.717, 1.165) is 35.1 Å². The van der Waals surface area contributed by atoms with Crippen LogP contribution in [0.5, 0.6) is 0 Å². The van der Waals surface area contributed by atoms with Crippen molar-refractivity contribution in [2.24, 2.45) is 0 Å². The van der Waals surface area contributed by atoms with Gasteiger partial charge in [0.1, 0.15) is 5.82 Å². The third-order valence-electron chi connectivity index (χ3n) is 6.11. The van der Waals surface area contributed by atoms with Gasteiger partial charge in [-0.05, 0) is 52.4 Å². The number of fused-ring (bicyclic) bond motifs is 1. The van der Waals surface area contributed by atoms with Crippen LogP contribution in [0.25, 0.3) is 10.8 Å². The Morgan fingerprint density at radius 3 is 2.58 bits per heavy atom. The zero-order chi connectivity index (χ0) is 22.8. The van der Waals surface area contributed by atoms with Crippen molar-refractivity contribution >= 4 is 34.0 Å². The van der Waals surface area contributed by atoms with E-state index in [9.17, 15) is 9.18 Å². The van der Waals surface area contributed by atoms with Crippen molar-refractivity contribution in [3.05, 3.63) is 107 Å². The number of carbonyl (C=O) groups is 1. The number of pyridine rings is 1. The van der Waals surface area contributed by atoms with E-state index < -0.39 is 5.82 Å². The van der Waals surface area contributed by atoms with Gasteiger partial charge in [-0.3, -0.25) is 9.78 Å². The Morgan fingerprint density at radius 1 is 1.06 bits per heavy atom. The Bertz CT molecular complexity index is 1280. The van der Waals surface area contributed by atoms with E-state index in [4.69, 9.17) is 11.6 Å². The summed E-state index contributed by atoms with van der Waals surface area (Å²) in [7, 11) is 0. The molecule has 6 heteroatoms. The molecule has 0 bridgehead atoms. The van der Waals surface area contributed by atoms with Crippen LogP contribution in [0.2, 0.25) is 5.02 Å². The molecule has 5 rings (SSSR count). The Balaban J connectivity index is 1.47. The highest BCUT2D eigenvalue weighted by atomic mass is 35.5. The lowest BCUT2D eigenvalue weighted by atomic mass is 9.93. The molecule has 0 atom stereocenters. The zero-order valence-corrected chi connectivity index (χ0v) is 18.7. The van der Waals surface area contributed by atoms with Crippen molar-refractivity contribution in [3.8, 4) is 0 Å². The first-order chi connectivity index (χ1) is 16.1. The second-order valence-electron chi connectivity index (χ2n) is 8.40. The average molecular weight is 460 g/mol. The molecule has 2 heterocycles. The van der Waals surface area contributed by atoms with Crippen LogP contribution in [0.15, 0.2) is 79.1 Å². The van der Waals surface area contributed by atoms with E-state index in [1.807, 2.05) is 36.4 Å². The standard InChI is InChI=1S/C27H23ClFN3O/c28-23-9-18(10-24(29)12-23)17-32(25-7-5-19(6-8-25)22-15-31-16-22)27(33)11-21-14-30-13-20-3-1-2-4-26(20)21/h1-10,12-14,22,31H,11,15-17H2. The maximum Gasteiger partial charge on any atom is 0.231 e. The van der Waals surface area contributed by atoms with Gasteiger partial charge in [0.25, 0.3) is 0 Å². The van der Waals surface area contributed by atoms with Crippen LogP contribution in [-0.2, 0) is 17.8 Å². The molecule has 1 aliphatic heterocycles. The van der Waals surface area contributed by atoms with Gasteiger partial charge in [-0.2, -0.15) is 0 Å². The third-order valence-corrected chi connectivity index (χ3v) is 6.33. The van der Waals surface area contributed by atoms with Gasteiger partial charge in [-0.1, -0.05) is 48.0 Å². The Labute approximate surface area is 197 Å². The van der Waals surface area contributed by atoms with Crippen LogP contribution in [-0.4, -0.2) is 24.0 Å². The molecule has 1 aromatic heterocycles. The molecule has 0 radical (unpaired) electrons. The molecule has 1 saturated heterocycles. The Hall–Kier alpha value is -3.28. The van der Waals surface area contributed by atoms with Crippen molar-refractivity contribution in [3.63, 3.8) is 0 Å². The molecule has 4 nitrogen and oxygen atoms in total. The Kier molecular flexibility index (Phi) is 6.07. The quantitative estimate of drug-likeness (QED) is 0.414. The average Bonchev–Trinajstić information content (AvgIpc) is 2.76. The predicted molar refractivity (Wildman–Crippen MR) is 130 cm³/mol. The number of anilines is 1. The summed E-state index contributed by atoms with van der Waals surface area (Å²) in [6.45, 7) is 2.16. The SMILES string of the molecule is O=C(Cc1cncc2ccccc12)N(Cc1cc(F)cc(Cl)c1)c1ccc(C2CNC2)cc1. The molecule has 4 aromatic rings. The van der Waals surface area contributed by atoms with Crippen molar-refractivity contribution in [2.75, 3.05) is 18.0 Å². The number of hydrogen-bond donors (Lipinski definition) is 1. The first-order valence-electron chi connectivity index (χ1n) is 10.9. The highest BCUT2D eigenvalue weighted by Gasteiger charge is 2.21. The minimum atomic E-state index is -0.420. The van der Waals surface area contributed by atoms with E-state index in [2.05, 4.69) is 22.4 Å². The Morgan fingerprint density at radius 2 is 1.85 bits per heavy atom. The van der Waals surface area contributed by atoms with Gasteiger partial charge in [0.05, 0.1) is 13.0 Å². The fraction of sp³-hybridized carbons (Fsp3) is 0.185. The number of nitrogens with zero attached hydrogens (tertiary/aromatic N) is 2. The number of aromatic nitrogens is 1. The van der Waals surface area contributed by atoms with Crippen LogP contribution in [0.1, 0.15) is 22.6 Å². The predicted octanol–water partition coefficient (Wildman–Crippen LogP) is 5.49. The number of halogens is 2. The summed E-state index contributed by atoms with van der Waals surface area (Å²) in [6, 6.07) is 20.3. The van der Waals surface area contributed by atoms with E-state index >= 15 is 0 Å². The van der Waals surface area contributed by atoms with Gasteiger partial charge in [-0.25, -0.2) is 4.39 Å². The van der Waals surface area contributed by atoms with Crippen molar-refractivity contribution in [1.29, 1.82) is 0 Å². The molecule has 166 valence electrons. The molecule has 0 spiro atoms. The minimum Gasteiger partial charge on any atom is -0.315 e. The van der Waals surface area contributed by atoms with Crippen LogP contribution >= 0.6 is 11.6 Å². The lowest BCUT2D eigenvalue weighted by Gasteiger charge is -2.28. The number of hydrogen-bond acceptors (Lipinski definition) is 3. The maximum atomic E-state index is 14.0. The summed E-state index contributed by atoms with van der Waals surface area (Å²) in [4.78, 5) is 19.6. The second-order valence-corrected chi connectivity index (χ2v) is 8.84. The number of benzene rings is 3. The summed E-state index contributed by atoms with van der Waals surface area (Å²) in [5.41, 5.74) is 3.51. The number of carbonyl (C=O) groups excluding carboxylic acids is 1. The van der Waals surface area contributed by atoms with Gasteiger partial charge < -0.3 is 10.2 Å². The van der Waals surface area contributed by atoms with Gasteiger partial charge in [-0.15, -0.1) is 0 Å². The van der Waals surface area contributed by atoms with Crippen LogP contribution < -0.4 is 10.2 Å². The van der Waals surface area contributed by atoms with Crippen LogP contribution in [0.4, 0.5) is 10.1 Å². The summed E-state index contributed by atoms with van der Waals surface area (Å²) in [5, 5.41) is 5.58. The second kappa shape index (κ2) is 9.30. The summed E-state index contributed by atoms with van der Waals surface area (Å²) >= 11 is 6.07. The number of nitrogens with one attached hydrogen (secondary N) is 1. The summed E-state index contributed by atoms with van der Waals surface area (Å²) < 4.78 is 14.0. The van der Waals surface area contributed by atoms with Crippen LogP contribution in [0.3, 0.4) is 0 Å².